The van der Waals surface area contributed by atoms with Crippen molar-refractivity contribution in [2.24, 2.45) is 0 Å². The normalized spacial score (nSPS) is 9.52. The maximum Gasteiger partial charge on any atom is 0.329 e. The van der Waals surface area contributed by atoms with E-state index < -0.39 is 31.1 Å². The van der Waals surface area contributed by atoms with E-state index in [9.17, 15) is 14.4 Å². The van der Waals surface area contributed by atoms with Gasteiger partial charge < -0.3 is 9.84 Å². The van der Waals surface area contributed by atoms with Crippen molar-refractivity contribution in [1.82, 2.24) is 5.32 Å². The number of carboxylic acids is 1. The Bertz CT molecular complexity index is 594. The molecule has 0 aromatic heterocycles. The van der Waals surface area contributed by atoms with Gasteiger partial charge in [-0.05, 0) is 18.2 Å². The third kappa shape index (κ3) is 5.30. The third-order valence-corrected chi connectivity index (χ3v) is 2.37. The van der Waals surface area contributed by atoms with Gasteiger partial charge in [-0.2, -0.15) is 5.26 Å². The molecule has 8 heteroatoms. The summed E-state index contributed by atoms with van der Waals surface area (Å²) in [5.74, 6) is -1.97. The molecular formula is C13H13N3O5. The molecule has 0 fully saturated rings. The van der Waals surface area contributed by atoms with Crippen LogP contribution >= 0.6 is 0 Å². The minimum atomic E-state index is -1.21. The van der Waals surface area contributed by atoms with Crippen molar-refractivity contribution in [3.05, 3.63) is 29.8 Å². The number of ether oxygens (including phenoxy) is 1. The number of carbonyl (C=O) groups is 3. The highest BCUT2D eigenvalue weighted by molar-refractivity contribution is 6.02. The first-order chi connectivity index (χ1) is 9.93. The lowest BCUT2D eigenvalue weighted by Crippen LogP contribution is -2.42. The molecule has 0 saturated heterocycles. The quantitative estimate of drug-likeness (QED) is 0.806. The monoisotopic (exact) mass is 291 g/mol. The number of benzene rings is 1. The number of urea groups is 1. The van der Waals surface area contributed by atoms with Gasteiger partial charge >= 0.3 is 12.0 Å². The lowest BCUT2D eigenvalue weighted by atomic mass is 10.2. The van der Waals surface area contributed by atoms with Crippen LogP contribution in [-0.4, -0.2) is 43.3 Å². The highest BCUT2D eigenvalue weighted by atomic mass is 16.5. The maximum absolute atomic E-state index is 11.8. The Balaban J connectivity index is 2.56. The second-order valence-corrected chi connectivity index (χ2v) is 3.96. The van der Waals surface area contributed by atoms with Crippen LogP contribution in [0.2, 0.25) is 0 Å². The summed E-state index contributed by atoms with van der Waals surface area (Å²) < 4.78 is 4.55. The molecule has 1 aromatic carbocycles. The number of carboxylic acid groups (broad SMARTS) is 1. The first-order valence-corrected chi connectivity index (χ1v) is 5.81. The van der Waals surface area contributed by atoms with Crippen LogP contribution in [0.3, 0.4) is 0 Å². The molecule has 0 atom stereocenters. The van der Waals surface area contributed by atoms with Gasteiger partial charge in [0.05, 0.1) is 11.6 Å². The van der Waals surface area contributed by atoms with E-state index in [1.54, 1.807) is 18.2 Å². The molecule has 8 nitrogen and oxygen atoms in total. The molecule has 0 radical (unpaired) electrons. The minimum Gasteiger partial charge on any atom is -0.480 e. The lowest BCUT2D eigenvalue weighted by Gasteiger charge is -2.17. The average molecular weight is 291 g/mol. The fourth-order valence-corrected chi connectivity index (χ4v) is 1.37. The number of aliphatic carboxylic acids is 1. The smallest absolute Gasteiger partial charge is 0.329 e. The van der Waals surface area contributed by atoms with Gasteiger partial charge in [-0.15, -0.1) is 0 Å². The molecule has 1 rings (SSSR count). The van der Waals surface area contributed by atoms with Crippen LogP contribution in [0.15, 0.2) is 24.3 Å². The van der Waals surface area contributed by atoms with E-state index in [4.69, 9.17) is 10.4 Å². The second-order valence-electron chi connectivity index (χ2n) is 3.96. The fourth-order valence-electron chi connectivity index (χ4n) is 1.37. The van der Waals surface area contributed by atoms with Crippen LogP contribution in [0.25, 0.3) is 0 Å². The Hall–Kier alpha value is -2.92. The predicted molar refractivity (Wildman–Crippen MR) is 71.6 cm³/mol. The van der Waals surface area contributed by atoms with Gasteiger partial charge in [0.1, 0.15) is 13.2 Å². The standard InChI is InChI=1S/C13H13N3O5/c1-16(10-4-2-3-9(5-10)6-14)13(20)15-11(17)7-21-8-12(18)19/h2-5H,7-8H2,1H3,(H,18,19)(H,15,17,20). The van der Waals surface area contributed by atoms with Crippen molar-refractivity contribution in [3.8, 4) is 6.07 Å². The molecule has 0 saturated carbocycles. The van der Waals surface area contributed by atoms with Gasteiger partial charge in [0, 0.05) is 12.7 Å². The summed E-state index contributed by atoms with van der Waals surface area (Å²) in [5, 5.41) is 19.2. The average Bonchev–Trinajstić information content (AvgIpc) is 2.46. The molecule has 110 valence electrons. The zero-order valence-corrected chi connectivity index (χ0v) is 11.2. The number of carbonyl (C=O) groups excluding carboxylic acids is 2. The largest absolute Gasteiger partial charge is 0.480 e. The van der Waals surface area contributed by atoms with Crippen LogP contribution in [-0.2, 0) is 14.3 Å². The summed E-state index contributed by atoms with van der Waals surface area (Å²) in [4.78, 5) is 34.5. The van der Waals surface area contributed by atoms with Gasteiger partial charge in [-0.1, -0.05) is 6.07 Å². The third-order valence-electron chi connectivity index (χ3n) is 2.37. The molecule has 0 heterocycles. The minimum absolute atomic E-state index is 0.378. The Labute approximate surface area is 120 Å². The van der Waals surface area contributed by atoms with E-state index in [0.717, 1.165) is 4.90 Å². The molecule has 0 bridgehead atoms. The Morgan fingerprint density at radius 2 is 2.10 bits per heavy atom. The molecule has 21 heavy (non-hydrogen) atoms. The molecular weight excluding hydrogens is 278 g/mol. The van der Waals surface area contributed by atoms with Crippen molar-refractivity contribution >= 4 is 23.6 Å². The van der Waals surface area contributed by atoms with Crippen molar-refractivity contribution in [3.63, 3.8) is 0 Å². The SMILES string of the molecule is CN(C(=O)NC(=O)COCC(=O)O)c1cccc(C#N)c1. The van der Waals surface area contributed by atoms with Crippen LogP contribution < -0.4 is 10.2 Å². The highest BCUT2D eigenvalue weighted by Gasteiger charge is 2.14. The molecule has 1 aromatic rings. The molecule has 0 spiro atoms. The van der Waals surface area contributed by atoms with Gasteiger partial charge in [0.2, 0.25) is 0 Å². The van der Waals surface area contributed by atoms with Crippen LogP contribution in [0.4, 0.5) is 10.5 Å². The number of nitrogens with zero attached hydrogens (tertiary/aromatic N) is 2. The predicted octanol–water partition coefficient (Wildman–Crippen LogP) is 0.332. The van der Waals surface area contributed by atoms with Crippen LogP contribution in [0.1, 0.15) is 5.56 Å². The van der Waals surface area contributed by atoms with Crippen molar-refractivity contribution in [2.45, 2.75) is 0 Å². The Kier molecular flexibility index (Phi) is 5.85. The Morgan fingerprint density at radius 1 is 1.38 bits per heavy atom. The van der Waals surface area contributed by atoms with Gasteiger partial charge in [-0.3, -0.25) is 15.0 Å². The second kappa shape index (κ2) is 7.62. The van der Waals surface area contributed by atoms with E-state index in [-0.39, 0.29) is 0 Å². The summed E-state index contributed by atoms with van der Waals surface area (Å²) in [6.07, 6.45) is 0. The number of hydrogen-bond donors (Lipinski definition) is 2. The molecule has 2 N–H and O–H groups in total. The topological polar surface area (TPSA) is 120 Å². The first kappa shape index (κ1) is 16.1. The number of amides is 3. The summed E-state index contributed by atoms with van der Waals surface area (Å²) in [6, 6.07) is 7.51. The summed E-state index contributed by atoms with van der Waals surface area (Å²) >= 11 is 0. The molecule has 3 amide bonds. The highest BCUT2D eigenvalue weighted by Crippen LogP contribution is 2.14. The van der Waals surface area contributed by atoms with E-state index in [2.05, 4.69) is 4.74 Å². The Morgan fingerprint density at radius 3 is 2.71 bits per heavy atom. The maximum atomic E-state index is 11.8. The van der Waals surface area contributed by atoms with E-state index in [1.807, 2.05) is 11.4 Å². The van der Waals surface area contributed by atoms with Crippen LogP contribution in [0, 0.1) is 11.3 Å². The molecule has 0 aliphatic carbocycles. The van der Waals surface area contributed by atoms with E-state index in [0.29, 0.717) is 11.3 Å². The lowest BCUT2D eigenvalue weighted by molar-refractivity contribution is -0.143. The fraction of sp³-hybridized carbons (Fsp3) is 0.231. The molecule has 0 aliphatic heterocycles. The zero-order chi connectivity index (χ0) is 15.8. The van der Waals surface area contributed by atoms with Gasteiger partial charge in [-0.25, -0.2) is 9.59 Å². The van der Waals surface area contributed by atoms with Crippen molar-refractivity contribution < 1.29 is 24.2 Å². The first-order valence-electron chi connectivity index (χ1n) is 5.81. The summed E-state index contributed by atoms with van der Waals surface area (Å²) in [5.41, 5.74) is 0.814. The van der Waals surface area contributed by atoms with E-state index >= 15 is 0 Å². The number of nitriles is 1. The van der Waals surface area contributed by atoms with Gasteiger partial charge in [0.15, 0.2) is 0 Å². The summed E-state index contributed by atoms with van der Waals surface area (Å²) in [7, 11) is 1.43. The number of nitrogens with one attached hydrogen (secondary N) is 1. The van der Waals surface area contributed by atoms with Crippen LogP contribution in [0.5, 0.6) is 0 Å². The molecule has 0 aliphatic rings. The van der Waals surface area contributed by atoms with Gasteiger partial charge in [0.25, 0.3) is 5.91 Å². The summed E-state index contributed by atoms with van der Waals surface area (Å²) in [6.45, 7) is -1.16. The molecule has 0 unspecified atom stereocenters. The number of anilines is 1. The number of imide groups is 1. The number of hydrogen-bond acceptors (Lipinski definition) is 5. The number of rotatable bonds is 5. The van der Waals surface area contributed by atoms with E-state index in [1.165, 1.54) is 13.1 Å². The van der Waals surface area contributed by atoms with Crippen molar-refractivity contribution in [1.29, 1.82) is 5.26 Å². The van der Waals surface area contributed by atoms with Crippen molar-refractivity contribution in [2.75, 3.05) is 25.2 Å². The zero-order valence-electron chi connectivity index (χ0n) is 11.2.